The van der Waals surface area contributed by atoms with Crippen LogP contribution >= 0.6 is 0 Å². The fraction of sp³-hybridized carbons (Fsp3) is 1.00. The lowest BCUT2D eigenvalue weighted by Crippen LogP contribution is -2.44. The van der Waals surface area contributed by atoms with Crippen molar-refractivity contribution in [2.75, 3.05) is 0 Å². The van der Waals surface area contributed by atoms with Gasteiger partial charge in [0.1, 0.15) is 6.23 Å². The van der Waals surface area contributed by atoms with E-state index < -0.39 is 0 Å². The van der Waals surface area contributed by atoms with Gasteiger partial charge < -0.3 is 5.11 Å². The highest BCUT2D eigenvalue weighted by Crippen LogP contribution is 2.32. The third-order valence-corrected chi connectivity index (χ3v) is 4.28. The van der Waals surface area contributed by atoms with Crippen molar-refractivity contribution in [1.29, 1.82) is 0 Å². The first-order valence-corrected chi connectivity index (χ1v) is 6.98. The molecule has 2 heteroatoms. The summed E-state index contributed by atoms with van der Waals surface area (Å²) in [6.45, 7) is 8.82. The molecule has 2 nitrogen and oxygen atoms in total. The van der Waals surface area contributed by atoms with Crippen LogP contribution in [-0.4, -0.2) is 17.4 Å². The zero-order valence-electron chi connectivity index (χ0n) is 11.4. The van der Waals surface area contributed by atoms with Crippen LogP contribution in [0.2, 0.25) is 0 Å². The summed E-state index contributed by atoms with van der Waals surface area (Å²) < 4.78 is 0. The molecule has 96 valence electrons. The number of aliphatic hydroxyl groups is 1. The largest absolute Gasteiger partial charge is 0.378 e. The van der Waals surface area contributed by atoms with Crippen molar-refractivity contribution in [3.05, 3.63) is 0 Å². The quantitative estimate of drug-likeness (QED) is 0.707. The highest BCUT2D eigenvalue weighted by molar-refractivity contribution is 4.78. The summed E-state index contributed by atoms with van der Waals surface area (Å²) in [5, 5.41) is 13.5. The smallest absolute Gasteiger partial charge is 0.107 e. The Morgan fingerprint density at radius 1 is 1.25 bits per heavy atom. The van der Waals surface area contributed by atoms with Gasteiger partial charge in [-0.2, -0.15) is 0 Å². The van der Waals surface area contributed by atoms with Crippen LogP contribution in [0.3, 0.4) is 0 Å². The SMILES string of the molecule is CC[C@H]1CCCC(C(O)N[C@@H](C)C(C)C)C1. The van der Waals surface area contributed by atoms with Crippen LogP contribution < -0.4 is 5.32 Å². The van der Waals surface area contributed by atoms with Crippen LogP contribution in [0.4, 0.5) is 0 Å². The van der Waals surface area contributed by atoms with Gasteiger partial charge in [0.25, 0.3) is 0 Å². The number of hydrogen-bond donors (Lipinski definition) is 2. The summed E-state index contributed by atoms with van der Waals surface area (Å²) in [5.41, 5.74) is 0. The fourth-order valence-electron chi connectivity index (χ4n) is 2.59. The zero-order chi connectivity index (χ0) is 12.1. The first-order chi connectivity index (χ1) is 7.54. The Morgan fingerprint density at radius 2 is 1.94 bits per heavy atom. The van der Waals surface area contributed by atoms with Crippen LogP contribution in [-0.2, 0) is 0 Å². The Labute approximate surface area is 101 Å². The molecule has 16 heavy (non-hydrogen) atoms. The summed E-state index contributed by atoms with van der Waals surface area (Å²) in [6.07, 6.45) is 6.01. The van der Waals surface area contributed by atoms with Gasteiger partial charge in [-0.3, -0.25) is 5.32 Å². The lowest BCUT2D eigenvalue weighted by Gasteiger charge is -2.34. The van der Waals surface area contributed by atoms with E-state index in [9.17, 15) is 5.11 Å². The standard InChI is InChI=1S/C14H29NO/c1-5-12-7-6-8-13(9-12)14(16)15-11(4)10(2)3/h10-16H,5-9H2,1-4H3/t11-,12-,13?,14?/m0/s1. The molecule has 0 heterocycles. The van der Waals surface area contributed by atoms with Crippen molar-refractivity contribution in [3.8, 4) is 0 Å². The molecule has 0 aromatic carbocycles. The Kier molecular flexibility index (Phi) is 5.77. The Hall–Kier alpha value is -0.0800. The van der Waals surface area contributed by atoms with E-state index >= 15 is 0 Å². The van der Waals surface area contributed by atoms with E-state index in [0.717, 1.165) is 5.92 Å². The van der Waals surface area contributed by atoms with Crippen LogP contribution in [0, 0.1) is 17.8 Å². The molecule has 2 unspecified atom stereocenters. The monoisotopic (exact) mass is 227 g/mol. The second kappa shape index (κ2) is 6.61. The summed E-state index contributed by atoms with van der Waals surface area (Å²) in [5.74, 6) is 1.89. The minimum Gasteiger partial charge on any atom is -0.378 e. The van der Waals surface area contributed by atoms with Gasteiger partial charge in [-0.25, -0.2) is 0 Å². The van der Waals surface area contributed by atoms with E-state index in [-0.39, 0.29) is 6.23 Å². The molecule has 0 bridgehead atoms. The van der Waals surface area contributed by atoms with Gasteiger partial charge >= 0.3 is 0 Å². The van der Waals surface area contributed by atoms with Gasteiger partial charge in [0, 0.05) is 6.04 Å². The Morgan fingerprint density at radius 3 is 2.50 bits per heavy atom. The number of nitrogens with one attached hydrogen (secondary N) is 1. The lowest BCUT2D eigenvalue weighted by atomic mass is 9.79. The molecule has 0 saturated heterocycles. The molecule has 0 aliphatic heterocycles. The van der Waals surface area contributed by atoms with E-state index in [2.05, 4.69) is 33.0 Å². The summed E-state index contributed by atoms with van der Waals surface area (Å²) >= 11 is 0. The third kappa shape index (κ3) is 4.06. The van der Waals surface area contributed by atoms with Gasteiger partial charge in [0.2, 0.25) is 0 Å². The average molecular weight is 227 g/mol. The van der Waals surface area contributed by atoms with E-state index in [1.807, 2.05) is 0 Å². The topological polar surface area (TPSA) is 32.3 Å². The lowest BCUT2D eigenvalue weighted by molar-refractivity contribution is 0.0292. The van der Waals surface area contributed by atoms with E-state index in [0.29, 0.717) is 17.9 Å². The average Bonchev–Trinajstić information content (AvgIpc) is 2.28. The van der Waals surface area contributed by atoms with Crippen molar-refractivity contribution in [1.82, 2.24) is 5.32 Å². The zero-order valence-corrected chi connectivity index (χ0v) is 11.4. The highest BCUT2D eigenvalue weighted by Gasteiger charge is 2.27. The maximum Gasteiger partial charge on any atom is 0.107 e. The van der Waals surface area contributed by atoms with Crippen molar-refractivity contribution in [3.63, 3.8) is 0 Å². The second-order valence-electron chi connectivity index (χ2n) is 5.85. The molecule has 1 saturated carbocycles. The molecule has 0 radical (unpaired) electrons. The van der Waals surface area contributed by atoms with Crippen molar-refractivity contribution in [2.24, 2.45) is 17.8 Å². The summed E-state index contributed by atoms with van der Waals surface area (Å²) in [7, 11) is 0. The molecule has 0 spiro atoms. The number of rotatable bonds is 5. The van der Waals surface area contributed by atoms with E-state index in [1.54, 1.807) is 0 Å². The molecule has 2 N–H and O–H groups in total. The van der Waals surface area contributed by atoms with Gasteiger partial charge in [-0.15, -0.1) is 0 Å². The molecule has 4 atom stereocenters. The molecule has 1 fully saturated rings. The highest BCUT2D eigenvalue weighted by atomic mass is 16.3. The molecule has 1 aliphatic rings. The van der Waals surface area contributed by atoms with Crippen molar-refractivity contribution < 1.29 is 5.11 Å². The maximum absolute atomic E-state index is 10.2. The Balaban J connectivity index is 2.38. The molecular weight excluding hydrogens is 198 g/mol. The van der Waals surface area contributed by atoms with Gasteiger partial charge in [0.05, 0.1) is 0 Å². The summed E-state index contributed by atoms with van der Waals surface area (Å²) in [6, 6.07) is 0.400. The van der Waals surface area contributed by atoms with Crippen molar-refractivity contribution in [2.45, 2.75) is 72.1 Å². The van der Waals surface area contributed by atoms with Crippen LogP contribution in [0.25, 0.3) is 0 Å². The van der Waals surface area contributed by atoms with Gasteiger partial charge in [-0.1, -0.05) is 40.0 Å². The normalized spacial score (nSPS) is 30.4. The van der Waals surface area contributed by atoms with E-state index in [4.69, 9.17) is 0 Å². The molecule has 1 rings (SSSR count). The molecular formula is C14H29NO. The molecule has 0 amide bonds. The predicted octanol–water partition coefficient (Wildman–Crippen LogP) is 3.16. The van der Waals surface area contributed by atoms with Crippen LogP contribution in [0.15, 0.2) is 0 Å². The van der Waals surface area contributed by atoms with Crippen LogP contribution in [0.5, 0.6) is 0 Å². The van der Waals surface area contributed by atoms with Crippen molar-refractivity contribution >= 4 is 0 Å². The molecule has 0 aromatic heterocycles. The third-order valence-electron chi connectivity index (χ3n) is 4.28. The molecule has 1 aliphatic carbocycles. The van der Waals surface area contributed by atoms with Crippen LogP contribution in [0.1, 0.15) is 59.8 Å². The molecule has 0 aromatic rings. The minimum atomic E-state index is -0.299. The first kappa shape index (κ1) is 14.0. The Bertz CT molecular complexity index is 193. The fourth-order valence-corrected chi connectivity index (χ4v) is 2.59. The maximum atomic E-state index is 10.2. The predicted molar refractivity (Wildman–Crippen MR) is 69.2 cm³/mol. The van der Waals surface area contributed by atoms with Gasteiger partial charge in [-0.05, 0) is 37.5 Å². The van der Waals surface area contributed by atoms with E-state index in [1.165, 1.54) is 32.1 Å². The minimum absolute atomic E-state index is 0.299. The number of hydrogen-bond acceptors (Lipinski definition) is 2. The summed E-state index contributed by atoms with van der Waals surface area (Å²) in [4.78, 5) is 0. The second-order valence-corrected chi connectivity index (χ2v) is 5.85. The first-order valence-electron chi connectivity index (χ1n) is 6.98. The van der Waals surface area contributed by atoms with Gasteiger partial charge in [0.15, 0.2) is 0 Å². The number of aliphatic hydroxyl groups excluding tert-OH is 1.